The lowest BCUT2D eigenvalue weighted by atomic mass is 9.75. The fraction of sp³-hybridized carbons (Fsp3) is 0.627. The normalized spacial score (nSPS) is 16.7. The molecule has 13 heteroatoms. The number of nitrogens with zero attached hydrogens (tertiary/aromatic N) is 2. The van der Waals surface area contributed by atoms with Gasteiger partial charge in [-0.25, -0.2) is 9.59 Å². The number of benzene rings is 2. The van der Waals surface area contributed by atoms with Crippen LogP contribution in [0.1, 0.15) is 186 Å². The second kappa shape index (κ2) is 27.3. The van der Waals surface area contributed by atoms with Crippen LogP contribution in [0, 0.1) is 5.41 Å². The summed E-state index contributed by atoms with van der Waals surface area (Å²) in [5.74, 6) is -4.30. The van der Waals surface area contributed by atoms with Crippen molar-refractivity contribution in [2.75, 3.05) is 0 Å². The summed E-state index contributed by atoms with van der Waals surface area (Å²) in [6, 6.07) is 17.7. The second-order valence-corrected chi connectivity index (χ2v) is 17.8. The molecule has 2 heterocycles. The highest BCUT2D eigenvalue weighted by molar-refractivity contribution is 6.05. The van der Waals surface area contributed by atoms with Crippen molar-refractivity contribution >= 4 is 41.6 Å². The van der Waals surface area contributed by atoms with E-state index in [9.17, 15) is 28.8 Å². The average Bonchev–Trinajstić information content (AvgIpc) is 3.73. The minimum absolute atomic E-state index is 0.0285. The molecule has 2 atom stereocenters. The summed E-state index contributed by atoms with van der Waals surface area (Å²) in [5, 5.41) is 0.452. The number of hydroxylamine groups is 2. The minimum atomic E-state index is -1.64. The van der Waals surface area contributed by atoms with Crippen LogP contribution in [-0.2, 0) is 65.8 Å². The molecule has 0 radical (unpaired) electrons. The van der Waals surface area contributed by atoms with E-state index in [0.29, 0.717) is 24.3 Å². The van der Waals surface area contributed by atoms with Crippen molar-refractivity contribution in [2.45, 2.75) is 200 Å². The Bertz CT molecular complexity index is 1780. The van der Waals surface area contributed by atoms with E-state index in [0.717, 1.165) is 81.8 Å². The average molecular weight is 889 g/mol. The van der Waals surface area contributed by atoms with Gasteiger partial charge < -0.3 is 19.0 Å². The molecule has 2 aromatic rings. The van der Waals surface area contributed by atoms with E-state index < -0.39 is 59.2 Å². The predicted octanol–water partition coefficient (Wildman–Crippen LogP) is 10.2. The smallest absolute Gasteiger partial charge is 0.333 e. The van der Waals surface area contributed by atoms with Gasteiger partial charge in [-0.05, 0) is 50.7 Å². The number of hydrogen-bond donors (Lipinski definition) is 0. The topological polar surface area (TPSA) is 163 Å². The Balaban J connectivity index is 1.43. The van der Waals surface area contributed by atoms with Crippen LogP contribution in [0.15, 0.2) is 60.7 Å². The van der Waals surface area contributed by atoms with Crippen LogP contribution in [0.5, 0.6) is 0 Å². The van der Waals surface area contributed by atoms with Crippen LogP contribution in [0.25, 0.3) is 0 Å². The first kappa shape index (κ1) is 51.6. The number of rotatable bonds is 31. The quantitative estimate of drug-likeness (QED) is 0.0233. The molecular formula is C51H72N2O11. The number of cyclic esters (lactones) is 1. The Morgan fingerprint density at radius 2 is 1.09 bits per heavy atom. The summed E-state index contributed by atoms with van der Waals surface area (Å²) >= 11 is 0. The van der Waals surface area contributed by atoms with Crippen molar-refractivity contribution in [1.82, 2.24) is 9.96 Å². The largest absolute Gasteiger partial charge is 0.461 e. The molecular weight excluding hydrogens is 817 g/mol. The first-order chi connectivity index (χ1) is 30.9. The summed E-state index contributed by atoms with van der Waals surface area (Å²) in [6.45, 7) is 5.63. The second-order valence-electron chi connectivity index (χ2n) is 17.8. The maximum absolute atomic E-state index is 15.3. The predicted molar refractivity (Wildman–Crippen MR) is 240 cm³/mol. The number of unbranched alkanes of at least 4 members (excludes halogenated alkanes) is 15. The van der Waals surface area contributed by atoms with Gasteiger partial charge in [0.15, 0.2) is 5.72 Å². The zero-order chi connectivity index (χ0) is 46.2. The lowest BCUT2D eigenvalue weighted by Gasteiger charge is -2.40. The highest BCUT2D eigenvalue weighted by atomic mass is 16.7. The van der Waals surface area contributed by atoms with Crippen LogP contribution in [0.2, 0.25) is 0 Å². The van der Waals surface area contributed by atoms with Gasteiger partial charge in [0, 0.05) is 19.3 Å². The molecule has 2 fully saturated rings. The third-order valence-electron chi connectivity index (χ3n) is 12.3. The SMILES string of the molecule is CCCCCCCCCCCC(CCCCCCCCCCC(=O)OCc1ccccc1)(C(=O)OCc1ccccc1)C(=O)N1[C@@H](CCC(=O)ON2C(=O)CCC2=O)C(=O)OC1(C)C. The maximum Gasteiger partial charge on any atom is 0.333 e. The molecule has 0 spiro atoms. The van der Waals surface area contributed by atoms with Crippen molar-refractivity contribution in [3.8, 4) is 0 Å². The van der Waals surface area contributed by atoms with Crippen LogP contribution in [-0.4, -0.2) is 63.3 Å². The van der Waals surface area contributed by atoms with Gasteiger partial charge in [-0.1, -0.05) is 170 Å². The first-order valence-electron chi connectivity index (χ1n) is 23.9. The molecule has 0 N–H and O–H groups in total. The standard InChI is InChI=1S/C51H72N2O11/c1-4-5-6-7-8-10-13-16-25-36-51(49(60)62-39-41-29-22-19-23-30-41,37-26-17-14-11-9-12-15-24-31-45(56)61-38-40-27-20-18-21-28-40)48(59)52-42(47(58)63-50(52,2)3)32-35-46(57)64-53-43(54)33-34-44(53)55/h18-23,27-30,42H,4-17,24-26,31-39H2,1-3H3/t42-,51?/m0/s1. The summed E-state index contributed by atoms with van der Waals surface area (Å²) in [6.07, 6.45) is 16.3. The van der Waals surface area contributed by atoms with Gasteiger partial charge >= 0.3 is 23.9 Å². The number of amides is 3. The van der Waals surface area contributed by atoms with Crippen LogP contribution in [0.3, 0.4) is 0 Å². The van der Waals surface area contributed by atoms with Crippen molar-refractivity contribution in [1.29, 1.82) is 0 Å². The van der Waals surface area contributed by atoms with Gasteiger partial charge in [-0.3, -0.25) is 28.9 Å². The summed E-state index contributed by atoms with van der Waals surface area (Å²) in [5.41, 5.74) is -1.35. The molecule has 2 aliphatic rings. The number of carbonyl (C=O) groups excluding carboxylic acids is 7. The third-order valence-corrected chi connectivity index (χ3v) is 12.3. The van der Waals surface area contributed by atoms with Crippen molar-refractivity contribution in [2.24, 2.45) is 5.41 Å². The molecule has 4 rings (SSSR count). The van der Waals surface area contributed by atoms with Crippen molar-refractivity contribution in [3.05, 3.63) is 71.8 Å². The van der Waals surface area contributed by atoms with Crippen molar-refractivity contribution in [3.63, 3.8) is 0 Å². The highest BCUT2D eigenvalue weighted by Gasteiger charge is 2.58. The number of carbonyl (C=O) groups is 7. The molecule has 1 unspecified atom stereocenters. The molecule has 0 bridgehead atoms. The summed E-state index contributed by atoms with van der Waals surface area (Å²) in [7, 11) is 0. The lowest BCUT2D eigenvalue weighted by Crippen LogP contribution is -2.57. The highest BCUT2D eigenvalue weighted by Crippen LogP contribution is 2.42. The molecule has 2 aliphatic heterocycles. The van der Waals surface area contributed by atoms with Crippen LogP contribution < -0.4 is 0 Å². The number of ether oxygens (including phenoxy) is 3. The van der Waals surface area contributed by atoms with E-state index in [-0.39, 0.29) is 51.3 Å². The van der Waals surface area contributed by atoms with E-state index in [1.807, 2.05) is 60.7 Å². The Kier molecular flexibility index (Phi) is 22.0. The molecule has 0 aliphatic carbocycles. The molecule has 0 aromatic heterocycles. The zero-order valence-electron chi connectivity index (χ0n) is 38.6. The van der Waals surface area contributed by atoms with E-state index in [1.54, 1.807) is 13.8 Å². The fourth-order valence-electron chi connectivity index (χ4n) is 8.56. The Morgan fingerprint density at radius 3 is 1.61 bits per heavy atom. The Labute approximate surface area is 380 Å². The monoisotopic (exact) mass is 889 g/mol. The van der Waals surface area contributed by atoms with Gasteiger partial charge in [0.25, 0.3) is 11.8 Å². The minimum Gasteiger partial charge on any atom is -0.461 e. The zero-order valence-corrected chi connectivity index (χ0v) is 38.6. The molecule has 64 heavy (non-hydrogen) atoms. The molecule has 2 saturated heterocycles. The van der Waals surface area contributed by atoms with E-state index in [4.69, 9.17) is 19.0 Å². The van der Waals surface area contributed by atoms with Crippen molar-refractivity contribution < 1.29 is 52.6 Å². The number of esters is 3. The number of imide groups is 1. The van der Waals surface area contributed by atoms with Crippen LogP contribution in [0.4, 0.5) is 0 Å². The van der Waals surface area contributed by atoms with Gasteiger partial charge in [0.1, 0.15) is 24.7 Å². The van der Waals surface area contributed by atoms with Gasteiger partial charge in [0.2, 0.25) is 5.91 Å². The Hall–Kier alpha value is -5.07. The number of hydrogen-bond acceptors (Lipinski definition) is 11. The van der Waals surface area contributed by atoms with Gasteiger partial charge in [-0.15, -0.1) is 5.06 Å². The third kappa shape index (κ3) is 16.5. The molecule has 2 aromatic carbocycles. The first-order valence-corrected chi connectivity index (χ1v) is 23.9. The lowest BCUT2D eigenvalue weighted by molar-refractivity contribution is -0.197. The van der Waals surface area contributed by atoms with Crippen LogP contribution >= 0.6 is 0 Å². The van der Waals surface area contributed by atoms with E-state index in [2.05, 4.69) is 6.92 Å². The molecule has 352 valence electrons. The van der Waals surface area contributed by atoms with E-state index >= 15 is 4.79 Å². The van der Waals surface area contributed by atoms with Gasteiger partial charge in [-0.2, -0.15) is 0 Å². The molecule has 0 saturated carbocycles. The maximum atomic E-state index is 15.3. The molecule has 3 amide bonds. The van der Waals surface area contributed by atoms with E-state index in [1.165, 1.54) is 30.6 Å². The Morgan fingerprint density at radius 1 is 0.625 bits per heavy atom. The summed E-state index contributed by atoms with van der Waals surface area (Å²) < 4.78 is 17.2. The molecule has 13 nitrogen and oxygen atoms in total. The summed E-state index contributed by atoms with van der Waals surface area (Å²) in [4.78, 5) is 99.2. The fourth-order valence-corrected chi connectivity index (χ4v) is 8.56. The van der Waals surface area contributed by atoms with Gasteiger partial charge in [0.05, 0.1) is 6.42 Å².